The molecule has 2 heterocycles. The van der Waals surface area contributed by atoms with Gasteiger partial charge in [0, 0.05) is 37.8 Å². The summed E-state index contributed by atoms with van der Waals surface area (Å²) in [5.41, 5.74) is 1.91. The van der Waals surface area contributed by atoms with Crippen LogP contribution in [0.3, 0.4) is 0 Å². The highest BCUT2D eigenvalue weighted by molar-refractivity contribution is 5.94. The van der Waals surface area contributed by atoms with Crippen LogP contribution >= 0.6 is 0 Å². The van der Waals surface area contributed by atoms with E-state index in [1.807, 2.05) is 36.1 Å². The van der Waals surface area contributed by atoms with E-state index in [0.29, 0.717) is 12.5 Å². The molecule has 0 bridgehead atoms. The maximum absolute atomic E-state index is 12.8. The van der Waals surface area contributed by atoms with Gasteiger partial charge in [0.05, 0.1) is 6.04 Å². The summed E-state index contributed by atoms with van der Waals surface area (Å²) < 4.78 is 0. The van der Waals surface area contributed by atoms with Crippen LogP contribution in [-0.2, 0) is 4.79 Å². The molecule has 2 amide bonds. The summed E-state index contributed by atoms with van der Waals surface area (Å²) in [6, 6.07) is 8.26. The van der Waals surface area contributed by atoms with E-state index in [2.05, 4.69) is 24.1 Å². The van der Waals surface area contributed by atoms with Gasteiger partial charge >= 0.3 is 0 Å². The van der Waals surface area contributed by atoms with E-state index >= 15 is 0 Å². The molecule has 2 aliphatic rings. The molecule has 0 aliphatic carbocycles. The van der Waals surface area contributed by atoms with E-state index in [4.69, 9.17) is 0 Å². The number of hydrogen-bond donors (Lipinski definition) is 1. The van der Waals surface area contributed by atoms with Crippen molar-refractivity contribution < 1.29 is 9.59 Å². The van der Waals surface area contributed by atoms with Crippen molar-refractivity contribution in [2.24, 2.45) is 5.92 Å². The van der Waals surface area contributed by atoms with Gasteiger partial charge in [0.1, 0.15) is 0 Å². The van der Waals surface area contributed by atoms with Crippen molar-refractivity contribution in [3.63, 3.8) is 0 Å². The standard InChI is InChI=1S/C19H27N3O2/c1-12(2)22-16(18(23)20-4)9-15-10-21(11-17(15)22)19(24)14-7-5-13(3)6-8-14/h5-8,12,15-17H,9-11H2,1-4H3,(H,20,23)/t15-,16-,17+/m1/s1. The molecule has 5 nitrogen and oxygen atoms in total. The number of fused-ring (bicyclic) bond motifs is 1. The number of amides is 2. The van der Waals surface area contributed by atoms with Crippen molar-refractivity contribution in [3.8, 4) is 0 Å². The monoisotopic (exact) mass is 329 g/mol. The smallest absolute Gasteiger partial charge is 0.253 e. The Morgan fingerprint density at radius 2 is 1.83 bits per heavy atom. The van der Waals surface area contributed by atoms with Crippen molar-refractivity contribution in [2.75, 3.05) is 20.1 Å². The predicted molar refractivity (Wildman–Crippen MR) is 93.8 cm³/mol. The molecule has 2 fully saturated rings. The minimum absolute atomic E-state index is 0.0679. The van der Waals surface area contributed by atoms with Gasteiger partial charge in [0.2, 0.25) is 5.91 Å². The average molecular weight is 329 g/mol. The van der Waals surface area contributed by atoms with Gasteiger partial charge in [-0.25, -0.2) is 0 Å². The molecule has 2 saturated heterocycles. The van der Waals surface area contributed by atoms with E-state index in [1.54, 1.807) is 7.05 Å². The van der Waals surface area contributed by atoms with Crippen LogP contribution in [0.5, 0.6) is 0 Å². The van der Waals surface area contributed by atoms with Gasteiger partial charge in [-0.1, -0.05) is 17.7 Å². The first-order valence-electron chi connectivity index (χ1n) is 8.77. The number of carbonyl (C=O) groups is 2. The van der Waals surface area contributed by atoms with Crippen molar-refractivity contribution >= 4 is 11.8 Å². The van der Waals surface area contributed by atoms with Gasteiger partial charge in [-0.2, -0.15) is 0 Å². The first kappa shape index (κ1) is 17.0. The molecule has 3 atom stereocenters. The number of carbonyl (C=O) groups excluding carboxylic acids is 2. The first-order chi connectivity index (χ1) is 11.4. The number of rotatable bonds is 3. The maximum atomic E-state index is 12.8. The van der Waals surface area contributed by atoms with Gasteiger partial charge in [0.25, 0.3) is 5.91 Å². The van der Waals surface area contributed by atoms with Gasteiger partial charge in [-0.3, -0.25) is 14.5 Å². The van der Waals surface area contributed by atoms with Gasteiger partial charge in [0.15, 0.2) is 0 Å². The fourth-order valence-electron chi connectivity index (χ4n) is 4.26. The fourth-order valence-corrected chi connectivity index (χ4v) is 4.26. The molecule has 1 aromatic carbocycles. The zero-order chi connectivity index (χ0) is 17.4. The molecule has 1 aromatic rings. The highest BCUT2D eigenvalue weighted by Gasteiger charge is 2.50. The minimum atomic E-state index is -0.0679. The largest absolute Gasteiger partial charge is 0.358 e. The van der Waals surface area contributed by atoms with E-state index in [9.17, 15) is 9.59 Å². The molecular formula is C19H27N3O2. The third-order valence-electron chi connectivity index (χ3n) is 5.41. The Morgan fingerprint density at radius 1 is 1.17 bits per heavy atom. The SMILES string of the molecule is CNC(=O)[C@H]1C[C@@H]2CN(C(=O)c3ccc(C)cc3)C[C@@H]2N1C(C)C. The van der Waals surface area contributed by atoms with Crippen LogP contribution in [0.15, 0.2) is 24.3 Å². The maximum Gasteiger partial charge on any atom is 0.253 e. The molecule has 0 spiro atoms. The lowest BCUT2D eigenvalue weighted by Gasteiger charge is -2.33. The van der Waals surface area contributed by atoms with Crippen LogP contribution in [0.4, 0.5) is 0 Å². The number of likely N-dealkylation sites (tertiary alicyclic amines) is 2. The van der Waals surface area contributed by atoms with Crippen LogP contribution in [0.25, 0.3) is 0 Å². The van der Waals surface area contributed by atoms with Crippen molar-refractivity contribution in [2.45, 2.75) is 45.3 Å². The first-order valence-corrected chi connectivity index (χ1v) is 8.77. The minimum Gasteiger partial charge on any atom is -0.358 e. The third-order valence-corrected chi connectivity index (χ3v) is 5.41. The normalized spacial score (nSPS) is 26.7. The Labute approximate surface area is 144 Å². The topological polar surface area (TPSA) is 52.7 Å². The quantitative estimate of drug-likeness (QED) is 0.918. The molecular weight excluding hydrogens is 302 g/mol. The molecule has 3 rings (SSSR count). The molecule has 0 radical (unpaired) electrons. The summed E-state index contributed by atoms with van der Waals surface area (Å²) >= 11 is 0. The second kappa shape index (κ2) is 6.55. The number of nitrogens with one attached hydrogen (secondary N) is 1. The highest BCUT2D eigenvalue weighted by Crippen LogP contribution is 2.37. The van der Waals surface area contributed by atoms with E-state index in [1.165, 1.54) is 0 Å². The molecule has 0 unspecified atom stereocenters. The predicted octanol–water partition coefficient (Wildman–Crippen LogP) is 1.66. The number of likely N-dealkylation sites (N-methyl/N-ethyl adjacent to an activating group) is 1. The lowest BCUT2D eigenvalue weighted by Crippen LogP contribution is -2.50. The molecule has 1 N–H and O–H groups in total. The number of nitrogens with zero attached hydrogens (tertiary/aromatic N) is 2. The van der Waals surface area contributed by atoms with Gasteiger partial charge in [-0.15, -0.1) is 0 Å². The summed E-state index contributed by atoms with van der Waals surface area (Å²) in [5.74, 6) is 0.572. The van der Waals surface area contributed by atoms with Gasteiger partial charge in [-0.05, 0) is 45.2 Å². The second-order valence-corrected chi connectivity index (χ2v) is 7.31. The highest BCUT2D eigenvalue weighted by atomic mass is 16.2. The van der Waals surface area contributed by atoms with E-state index in [-0.39, 0.29) is 29.9 Å². The second-order valence-electron chi connectivity index (χ2n) is 7.31. The lowest BCUT2D eigenvalue weighted by atomic mass is 10.0. The fraction of sp³-hybridized carbons (Fsp3) is 0.579. The van der Waals surface area contributed by atoms with Gasteiger partial charge < -0.3 is 10.2 Å². The third kappa shape index (κ3) is 2.93. The Hall–Kier alpha value is -1.88. The Bertz CT molecular complexity index is 626. The number of hydrogen-bond acceptors (Lipinski definition) is 3. The van der Waals surface area contributed by atoms with Crippen molar-refractivity contribution in [1.82, 2.24) is 15.1 Å². The van der Waals surface area contributed by atoms with Crippen LogP contribution < -0.4 is 5.32 Å². The number of benzene rings is 1. The zero-order valence-electron chi connectivity index (χ0n) is 15.0. The van der Waals surface area contributed by atoms with Crippen LogP contribution in [0.2, 0.25) is 0 Å². The summed E-state index contributed by atoms with van der Waals surface area (Å²) in [6.45, 7) is 7.73. The van der Waals surface area contributed by atoms with Crippen molar-refractivity contribution in [1.29, 1.82) is 0 Å². The zero-order valence-corrected chi connectivity index (χ0v) is 15.0. The average Bonchev–Trinajstić information content (AvgIpc) is 3.11. The Kier molecular flexibility index (Phi) is 4.63. The molecule has 0 saturated carbocycles. The van der Waals surface area contributed by atoms with Crippen LogP contribution in [-0.4, -0.2) is 59.9 Å². The molecule has 2 aliphatic heterocycles. The Balaban J connectivity index is 1.75. The molecule has 130 valence electrons. The number of aryl methyl sites for hydroxylation is 1. The lowest BCUT2D eigenvalue weighted by molar-refractivity contribution is -0.126. The summed E-state index contributed by atoms with van der Waals surface area (Å²) in [5, 5.41) is 2.79. The molecule has 0 aromatic heterocycles. The van der Waals surface area contributed by atoms with Crippen LogP contribution in [0, 0.1) is 12.8 Å². The Morgan fingerprint density at radius 3 is 2.42 bits per heavy atom. The van der Waals surface area contributed by atoms with Crippen LogP contribution in [0.1, 0.15) is 36.2 Å². The molecule has 5 heteroatoms. The summed E-state index contributed by atoms with van der Waals surface area (Å²) in [7, 11) is 1.70. The van der Waals surface area contributed by atoms with E-state index < -0.39 is 0 Å². The molecule has 24 heavy (non-hydrogen) atoms. The summed E-state index contributed by atoms with van der Waals surface area (Å²) in [6.07, 6.45) is 0.834. The van der Waals surface area contributed by atoms with E-state index in [0.717, 1.165) is 24.1 Å². The summed E-state index contributed by atoms with van der Waals surface area (Å²) in [4.78, 5) is 29.2. The van der Waals surface area contributed by atoms with Crippen molar-refractivity contribution in [3.05, 3.63) is 35.4 Å².